The number of nitrogens with one attached hydrogen (secondary N) is 1. The average molecular weight is 327 g/mol. The van der Waals surface area contributed by atoms with Gasteiger partial charge in [0.2, 0.25) is 5.91 Å². The van der Waals surface area contributed by atoms with E-state index in [1.807, 2.05) is 12.1 Å². The van der Waals surface area contributed by atoms with E-state index in [9.17, 15) is 9.59 Å². The normalized spacial score (nSPS) is 13.6. The Morgan fingerprint density at radius 3 is 3.05 bits per heavy atom. The van der Waals surface area contributed by atoms with Crippen molar-refractivity contribution in [3.63, 3.8) is 0 Å². The van der Waals surface area contributed by atoms with E-state index in [1.165, 1.54) is 0 Å². The number of hydrogen-bond donors (Lipinski definition) is 1. The highest BCUT2D eigenvalue weighted by atomic mass is 79.9. The fraction of sp³-hybridized carbons (Fsp3) is 0.385. The van der Waals surface area contributed by atoms with E-state index in [4.69, 9.17) is 4.74 Å². The Morgan fingerprint density at radius 2 is 2.32 bits per heavy atom. The van der Waals surface area contributed by atoms with E-state index >= 15 is 0 Å². The first-order valence-corrected chi connectivity index (χ1v) is 6.74. The lowest BCUT2D eigenvalue weighted by Crippen LogP contribution is -2.38. The Morgan fingerprint density at radius 1 is 1.53 bits per heavy atom. The highest BCUT2D eigenvalue weighted by Gasteiger charge is 2.28. The molecule has 0 saturated carbocycles. The van der Waals surface area contributed by atoms with Crippen LogP contribution >= 0.6 is 15.9 Å². The van der Waals surface area contributed by atoms with E-state index in [0.29, 0.717) is 25.3 Å². The van der Waals surface area contributed by atoms with E-state index in [-0.39, 0.29) is 18.4 Å². The first-order valence-electron chi connectivity index (χ1n) is 5.95. The molecule has 2 rings (SSSR count). The standard InChI is InChI=1S/C13H15BrN2O3/c1-19-5-4-15-12(17)8-16-7-9-6-10(14)2-3-11(9)13(16)18/h2-3,6H,4-5,7-8H2,1H3,(H,15,17). The van der Waals surface area contributed by atoms with Crippen LogP contribution in [0.2, 0.25) is 0 Å². The van der Waals surface area contributed by atoms with Crippen molar-refractivity contribution >= 4 is 27.7 Å². The van der Waals surface area contributed by atoms with Crippen molar-refractivity contribution in [1.29, 1.82) is 0 Å². The summed E-state index contributed by atoms with van der Waals surface area (Å²) in [5.74, 6) is -0.262. The van der Waals surface area contributed by atoms with Crippen LogP contribution < -0.4 is 5.32 Å². The quantitative estimate of drug-likeness (QED) is 0.826. The van der Waals surface area contributed by atoms with Crippen LogP contribution in [0, 0.1) is 0 Å². The number of rotatable bonds is 5. The molecule has 0 aromatic heterocycles. The van der Waals surface area contributed by atoms with E-state index < -0.39 is 0 Å². The lowest BCUT2D eigenvalue weighted by Gasteiger charge is -2.14. The molecule has 0 radical (unpaired) electrons. The zero-order valence-corrected chi connectivity index (χ0v) is 12.2. The second kappa shape index (κ2) is 6.16. The molecule has 1 aromatic rings. The highest BCUT2D eigenvalue weighted by Crippen LogP contribution is 2.25. The number of benzene rings is 1. The predicted octanol–water partition coefficient (Wildman–Crippen LogP) is 1.17. The van der Waals surface area contributed by atoms with Crippen LogP contribution in [0.15, 0.2) is 22.7 Å². The van der Waals surface area contributed by atoms with Crippen molar-refractivity contribution in [3.8, 4) is 0 Å². The molecular weight excluding hydrogens is 312 g/mol. The molecule has 2 amide bonds. The van der Waals surface area contributed by atoms with Crippen LogP contribution in [0.3, 0.4) is 0 Å². The Hall–Kier alpha value is -1.40. The number of carbonyl (C=O) groups excluding carboxylic acids is 2. The smallest absolute Gasteiger partial charge is 0.254 e. The van der Waals surface area contributed by atoms with Crippen LogP contribution in [0.4, 0.5) is 0 Å². The molecule has 19 heavy (non-hydrogen) atoms. The van der Waals surface area contributed by atoms with Crippen molar-refractivity contribution in [2.75, 3.05) is 26.8 Å². The van der Waals surface area contributed by atoms with Gasteiger partial charge in [-0.25, -0.2) is 0 Å². The van der Waals surface area contributed by atoms with Gasteiger partial charge in [-0.3, -0.25) is 9.59 Å². The number of nitrogens with zero attached hydrogens (tertiary/aromatic N) is 1. The molecule has 1 aliphatic heterocycles. The molecule has 0 aliphatic carbocycles. The number of hydrogen-bond acceptors (Lipinski definition) is 3. The number of ether oxygens (including phenoxy) is 1. The monoisotopic (exact) mass is 326 g/mol. The van der Waals surface area contributed by atoms with Crippen LogP contribution in [-0.2, 0) is 16.1 Å². The number of amides is 2. The van der Waals surface area contributed by atoms with Crippen LogP contribution in [0.1, 0.15) is 15.9 Å². The molecule has 6 heteroatoms. The maximum absolute atomic E-state index is 12.1. The maximum Gasteiger partial charge on any atom is 0.254 e. The molecule has 1 aliphatic rings. The first kappa shape index (κ1) is 14.0. The Bertz CT molecular complexity index is 505. The van der Waals surface area contributed by atoms with Gasteiger partial charge < -0.3 is 15.0 Å². The zero-order chi connectivity index (χ0) is 13.8. The minimum absolute atomic E-state index is 0.0782. The Labute approximate surface area is 120 Å². The van der Waals surface area contributed by atoms with Gasteiger partial charge in [0.25, 0.3) is 5.91 Å². The molecular formula is C13H15BrN2O3. The van der Waals surface area contributed by atoms with E-state index in [0.717, 1.165) is 10.0 Å². The summed E-state index contributed by atoms with van der Waals surface area (Å²) in [6, 6.07) is 5.53. The third-order valence-electron chi connectivity index (χ3n) is 2.91. The summed E-state index contributed by atoms with van der Waals surface area (Å²) in [5, 5.41) is 2.70. The van der Waals surface area contributed by atoms with Crippen LogP contribution in [-0.4, -0.2) is 43.5 Å². The van der Waals surface area contributed by atoms with E-state index in [2.05, 4.69) is 21.2 Å². The van der Waals surface area contributed by atoms with E-state index in [1.54, 1.807) is 18.1 Å². The minimum atomic E-state index is -0.169. The van der Waals surface area contributed by atoms with Gasteiger partial charge in [0, 0.05) is 30.2 Å². The van der Waals surface area contributed by atoms with Crippen molar-refractivity contribution in [2.24, 2.45) is 0 Å². The molecule has 0 unspecified atom stereocenters. The lowest BCUT2D eigenvalue weighted by molar-refractivity contribution is -0.122. The van der Waals surface area contributed by atoms with Crippen molar-refractivity contribution in [2.45, 2.75) is 6.54 Å². The molecule has 0 atom stereocenters. The van der Waals surface area contributed by atoms with Crippen LogP contribution in [0.25, 0.3) is 0 Å². The van der Waals surface area contributed by atoms with Crippen molar-refractivity contribution < 1.29 is 14.3 Å². The second-order valence-electron chi connectivity index (χ2n) is 4.31. The topological polar surface area (TPSA) is 58.6 Å². The fourth-order valence-corrected chi connectivity index (χ4v) is 2.41. The maximum atomic E-state index is 12.1. The molecule has 0 saturated heterocycles. The summed E-state index contributed by atoms with van der Waals surface area (Å²) >= 11 is 3.37. The highest BCUT2D eigenvalue weighted by molar-refractivity contribution is 9.10. The Balaban J connectivity index is 1.94. The number of carbonyl (C=O) groups is 2. The Kier molecular flexibility index (Phi) is 4.55. The summed E-state index contributed by atoms with van der Waals surface area (Å²) in [6.45, 7) is 1.48. The molecule has 0 bridgehead atoms. The number of methoxy groups -OCH3 is 1. The average Bonchev–Trinajstić information content (AvgIpc) is 2.66. The molecule has 1 aromatic carbocycles. The molecule has 5 nitrogen and oxygen atoms in total. The molecule has 0 fully saturated rings. The summed E-state index contributed by atoms with van der Waals surface area (Å²) in [7, 11) is 1.57. The largest absolute Gasteiger partial charge is 0.383 e. The third kappa shape index (κ3) is 3.33. The minimum Gasteiger partial charge on any atom is -0.383 e. The molecule has 0 spiro atoms. The lowest BCUT2D eigenvalue weighted by atomic mass is 10.1. The van der Waals surface area contributed by atoms with Gasteiger partial charge in [0.05, 0.1) is 6.61 Å². The van der Waals surface area contributed by atoms with Gasteiger partial charge in [-0.15, -0.1) is 0 Å². The fourth-order valence-electron chi connectivity index (χ4n) is 2.00. The summed E-state index contributed by atoms with van der Waals surface area (Å²) in [5.41, 5.74) is 1.62. The van der Waals surface area contributed by atoms with Gasteiger partial charge in [-0.1, -0.05) is 15.9 Å². The van der Waals surface area contributed by atoms with Gasteiger partial charge >= 0.3 is 0 Å². The van der Waals surface area contributed by atoms with Gasteiger partial charge in [-0.05, 0) is 23.8 Å². The summed E-state index contributed by atoms with van der Waals surface area (Å²) in [6.07, 6.45) is 0. The number of fused-ring (bicyclic) bond motifs is 1. The zero-order valence-electron chi connectivity index (χ0n) is 10.6. The van der Waals surface area contributed by atoms with Gasteiger partial charge in [0.1, 0.15) is 6.54 Å². The predicted molar refractivity (Wildman–Crippen MR) is 73.8 cm³/mol. The summed E-state index contributed by atoms with van der Waals surface area (Å²) in [4.78, 5) is 25.3. The molecule has 1 N–H and O–H groups in total. The SMILES string of the molecule is COCCNC(=O)CN1Cc2cc(Br)ccc2C1=O. The van der Waals surface area contributed by atoms with Crippen molar-refractivity contribution in [1.82, 2.24) is 10.2 Å². The second-order valence-corrected chi connectivity index (χ2v) is 5.22. The number of halogens is 1. The van der Waals surface area contributed by atoms with Gasteiger partial charge in [-0.2, -0.15) is 0 Å². The van der Waals surface area contributed by atoms with Gasteiger partial charge in [0.15, 0.2) is 0 Å². The summed E-state index contributed by atoms with van der Waals surface area (Å²) < 4.78 is 5.78. The molecule has 1 heterocycles. The first-order chi connectivity index (χ1) is 9.11. The molecule has 102 valence electrons. The van der Waals surface area contributed by atoms with Crippen molar-refractivity contribution in [3.05, 3.63) is 33.8 Å². The van der Waals surface area contributed by atoms with Crippen LogP contribution in [0.5, 0.6) is 0 Å². The third-order valence-corrected chi connectivity index (χ3v) is 3.40.